The molecule has 4 rings (SSSR count). The number of nitrogens with zero attached hydrogens (tertiary/aromatic N) is 4. The number of carbonyl (C=O) groups is 1. The van der Waals surface area contributed by atoms with Crippen molar-refractivity contribution in [2.45, 2.75) is 25.7 Å². The fourth-order valence-corrected chi connectivity index (χ4v) is 4.50. The Balaban J connectivity index is 1.65. The number of aryl methyl sites for hydroxylation is 1. The van der Waals surface area contributed by atoms with Crippen molar-refractivity contribution in [3.05, 3.63) is 58.4 Å². The van der Waals surface area contributed by atoms with Gasteiger partial charge in [-0.3, -0.25) is 14.8 Å². The van der Waals surface area contributed by atoms with Crippen LogP contribution in [0.25, 0.3) is 11.3 Å². The number of aromatic nitrogens is 3. The van der Waals surface area contributed by atoms with E-state index in [-0.39, 0.29) is 11.8 Å². The molecule has 0 bridgehead atoms. The van der Waals surface area contributed by atoms with Crippen molar-refractivity contribution in [3.63, 3.8) is 0 Å². The van der Waals surface area contributed by atoms with E-state index in [1.54, 1.807) is 25.0 Å². The Morgan fingerprint density at radius 2 is 2.04 bits per heavy atom. The summed E-state index contributed by atoms with van der Waals surface area (Å²) in [5.41, 5.74) is 5.20. The molecule has 3 heterocycles. The molecular formula is C21H22N4O2S. The summed E-state index contributed by atoms with van der Waals surface area (Å²) in [7, 11) is 1.66. The van der Waals surface area contributed by atoms with Crippen LogP contribution in [0.5, 0.6) is 5.75 Å². The summed E-state index contributed by atoms with van der Waals surface area (Å²) in [4.78, 5) is 29.1. The zero-order chi connectivity index (χ0) is 19.5. The lowest BCUT2D eigenvalue weighted by Gasteiger charge is -2.33. The topological polar surface area (TPSA) is 68.2 Å². The maximum atomic E-state index is 13.0. The summed E-state index contributed by atoms with van der Waals surface area (Å²) in [6.45, 7) is 3.28. The Morgan fingerprint density at radius 3 is 2.82 bits per heavy atom. The van der Waals surface area contributed by atoms with Gasteiger partial charge in [0.15, 0.2) is 0 Å². The van der Waals surface area contributed by atoms with Gasteiger partial charge in [0, 0.05) is 37.0 Å². The standard InChI is InChI=1S/C21H22N4O2S/c1-14-20(28-13-24-14)21(26)25-11-5-6-15(12-25)18-19(23-10-9-22-18)16-7-3-4-8-17(16)27-2/h3-4,7-10,13,15H,5-6,11-12H2,1-2H3/t15-/m1/s1. The zero-order valence-corrected chi connectivity index (χ0v) is 16.8. The molecular weight excluding hydrogens is 372 g/mol. The Morgan fingerprint density at radius 1 is 1.21 bits per heavy atom. The number of methoxy groups -OCH3 is 1. The van der Waals surface area contributed by atoms with Crippen molar-refractivity contribution < 1.29 is 9.53 Å². The van der Waals surface area contributed by atoms with Crippen molar-refractivity contribution in [2.24, 2.45) is 0 Å². The van der Waals surface area contributed by atoms with Crippen molar-refractivity contribution in [1.29, 1.82) is 0 Å². The second kappa shape index (κ2) is 8.06. The van der Waals surface area contributed by atoms with E-state index in [2.05, 4.69) is 15.0 Å². The van der Waals surface area contributed by atoms with Crippen LogP contribution in [0, 0.1) is 6.92 Å². The van der Waals surface area contributed by atoms with Crippen LogP contribution in [0.4, 0.5) is 0 Å². The van der Waals surface area contributed by atoms with Gasteiger partial charge in [-0.05, 0) is 31.9 Å². The third kappa shape index (κ3) is 3.49. The van der Waals surface area contributed by atoms with Gasteiger partial charge in [-0.25, -0.2) is 4.98 Å². The van der Waals surface area contributed by atoms with Crippen molar-refractivity contribution in [1.82, 2.24) is 19.9 Å². The second-order valence-electron chi connectivity index (χ2n) is 6.85. The molecule has 0 aliphatic carbocycles. The normalized spacial score (nSPS) is 16.8. The molecule has 1 aliphatic rings. The molecule has 6 nitrogen and oxygen atoms in total. The third-order valence-corrected chi connectivity index (χ3v) is 6.04. The van der Waals surface area contributed by atoms with E-state index >= 15 is 0 Å². The number of carbonyl (C=O) groups excluding carboxylic acids is 1. The van der Waals surface area contributed by atoms with Gasteiger partial charge in [-0.15, -0.1) is 11.3 Å². The van der Waals surface area contributed by atoms with Crippen molar-refractivity contribution in [2.75, 3.05) is 20.2 Å². The van der Waals surface area contributed by atoms with E-state index in [0.29, 0.717) is 6.54 Å². The summed E-state index contributed by atoms with van der Waals surface area (Å²) < 4.78 is 5.53. The number of para-hydroxylation sites is 1. The molecule has 1 aromatic carbocycles. The molecule has 2 aromatic heterocycles. The number of benzene rings is 1. The molecule has 1 saturated heterocycles. The second-order valence-corrected chi connectivity index (χ2v) is 7.70. The van der Waals surface area contributed by atoms with Crippen LogP contribution in [0.15, 0.2) is 42.2 Å². The lowest BCUT2D eigenvalue weighted by Crippen LogP contribution is -2.39. The van der Waals surface area contributed by atoms with Crippen LogP contribution in [0.3, 0.4) is 0 Å². The summed E-state index contributed by atoms with van der Waals surface area (Å²) in [5.74, 6) is 0.972. The monoisotopic (exact) mass is 394 g/mol. The summed E-state index contributed by atoms with van der Waals surface area (Å²) in [6, 6.07) is 7.84. The van der Waals surface area contributed by atoms with Crippen LogP contribution in [-0.2, 0) is 0 Å². The van der Waals surface area contributed by atoms with E-state index in [4.69, 9.17) is 4.74 Å². The number of ether oxygens (including phenoxy) is 1. The minimum atomic E-state index is 0.0624. The minimum absolute atomic E-state index is 0.0624. The van der Waals surface area contributed by atoms with Crippen LogP contribution in [-0.4, -0.2) is 46.0 Å². The maximum Gasteiger partial charge on any atom is 0.265 e. The number of piperidine rings is 1. The molecule has 7 heteroatoms. The van der Waals surface area contributed by atoms with E-state index in [9.17, 15) is 4.79 Å². The van der Waals surface area contributed by atoms with Gasteiger partial charge >= 0.3 is 0 Å². The van der Waals surface area contributed by atoms with Gasteiger partial charge in [-0.1, -0.05) is 12.1 Å². The lowest BCUT2D eigenvalue weighted by atomic mass is 9.91. The molecule has 1 atom stereocenters. The highest BCUT2D eigenvalue weighted by molar-refractivity contribution is 7.11. The number of hydrogen-bond donors (Lipinski definition) is 0. The van der Waals surface area contributed by atoms with Gasteiger partial charge in [0.2, 0.25) is 0 Å². The van der Waals surface area contributed by atoms with Crippen LogP contribution < -0.4 is 4.74 Å². The first kappa shape index (κ1) is 18.6. The molecule has 1 aliphatic heterocycles. The molecule has 0 radical (unpaired) electrons. The third-order valence-electron chi connectivity index (χ3n) is 5.12. The van der Waals surface area contributed by atoms with Gasteiger partial charge in [0.05, 0.1) is 29.7 Å². The number of thiazole rings is 1. The van der Waals surface area contributed by atoms with E-state index in [1.807, 2.05) is 36.1 Å². The maximum absolute atomic E-state index is 13.0. The van der Waals surface area contributed by atoms with E-state index < -0.39 is 0 Å². The predicted molar refractivity (Wildman–Crippen MR) is 109 cm³/mol. The molecule has 0 unspecified atom stereocenters. The number of likely N-dealkylation sites (tertiary alicyclic amines) is 1. The first-order valence-electron chi connectivity index (χ1n) is 9.32. The molecule has 1 fully saturated rings. The minimum Gasteiger partial charge on any atom is -0.496 e. The highest BCUT2D eigenvalue weighted by atomic mass is 32.1. The molecule has 28 heavy (non-hydrogen) atoms. The Bertz CT molecular complexity index is 988. The smallest absolute Gasteiger partial charge is 0.265 e. The van der Waals surface area contributed by atoms with Crippen LogP contribution in [0.1, 0.15) is 39.8 Å². The fraction of sp³-hybridized carbons (Fsp3) is 0.333. The molecule has 0 spiro atoms. The number of rotatable bonds is 4. The SMILES string of the molecule is COc1ccccc1-c1nccnc1[C@@H]1CCCN(C(=O)c2scnc2C)C1. The number of hydrogen-bond acceptors (Lipinski definition) is 6. The predicted octanol–water partition coefficient (Wildman–Crippen LogP) is 3.94. The average molecular weight is 395 g/mol. The van der Waals surface area contributed by atoms with Crippen molar-refractivity contribution in [3.8, 4) is 17.0 Å². The molecule has 144 valence electrons. The zero-order valence-electron chi connectivity index (χ0n) is 16.0. The van der Waals surface area contributed by atoms with Gasteiger partial charge in [0.1, 0.15) is 10.6 Å². The van der Waals surface area contributed by atoms with E-state index in [0.717, 1.165) is 52.7 Å². The first-order chi connectivity index (χ1) is 13.7. The highest BCUT2D eigenvalue weighted by Crippen LogP contribution is 2.36. The largest absolute Gasteiger partial charge is 0.496 e. The molecule has 3 aromatic rings. The highest BCUT2D eigenvalue weighted by Gasteiger charge is 2.30. The summed E-state index contributed by atoms with van der Waals surface area (Å²) >= 11 is 1.41. The summed E-state index contributed by atoms with van der Waals surface area (Å²) in [5, 5.41) is 0. The van der Waals surface area contributed by atoms with Crippen LogP contribution >= 0.6 is 11.3 Å². The Labute approximate surface area is 168 Å². The Kier molecular flexibility index (Phi) is 5.34. The Hall–Kier alpha value is -2.80. The number of amides is 1. The van der Waals surface area contributed by atoms with Gasteiger partial charge < -0.3 is 9.64 Å². The van der Waals surface area contributed by atoms with Crippen LogP contribution in [0.2, 0.25) is 0 Å². The van der Waals surface area contributed by atoms with Crippen molar-refractivity contribution >= 4 is 17.2 Å². The first-order valence-corrected chi connectivity index (χ1v) is 10.2. The molecule has 0 saturated carbocycles. The average Bonchev–Trinajstić information content (AvgIpc) is 3.19. The lowest BCUT2D eigenvalue weighted by molar-refractivity contribution is 0.0710. The summed E-state index contributed by atoms with van der Waals surface area (Å²) in [6.07, 6.45) is 5.35. The van der Waals surface area contributed by atoms with Gasteiger partial charge in [-0.2, -0.15) is 0 Å². The van der Waals surface area contributed by atoms with E-state index in [1.165, 1.54) is 11.3 Å². The molecule has 0 N–H and O–H groups in total. The van der Waals surface area contributed by atoms with Gasteiger partial charge in [0.25, 0.3) is 5.91 Å². The molecule has 1 amide bonds. The quantitative estimate of drug-likeness (QED) is 0.670. The fourth-order valence-electron chi connectivity index (χ4n) is 3.73.